The molecule has 3 aromatic rings. The minimum absolute atomic E-state index is 0.0859. The molecule has 0 aliphatic heterocycles. The van der Waals surface area contributed by atoms with Gasteiger partial charge in [0.2, 0.25) is 0 Å². The molecule has 0 radical (unpaired) electrons. The lowest BCUT2D eigenvalue weighted by molar-refractivity contribution is 0.509. The summed E-state index contributed by atoms with van der Waals surface area (Å²) in [6, 6.07) is 16.2. The van der Waals surface area contributed by atoms with Gasteiger partial charge in [0.15, 0.2) is 11.6 Å². The maximum atomic E-state index is 13.9. The first kappa shape index (κ1) is 15.9. The Balaban J connectivity index is 2.12. The predicted molar refractivity (Wildman–Crippen MR) is 94.7 cm³/mol. The zero-order valence-corrected chi connectivity index (χ0v) is 13.4. The normalized spacial score (nSPS) is 11.2. The molecule has 0 bridgehead atoms. The fraction of sp³-hybridized carbons (Fsp3) is 0.0952. The SMILES string of the molecule is CC#Cc1c(F)c(F)cc2cc(N=C(C)c3ccccc3)ccc12. The summed E-state index contributed by atoms with van der Waals surface area (Å²) in [5.41, 5.74) is 2.64. The van der Waals surface area contributed by atoms with Crippen LogP contribution in [0.25, 0.3) is 10.8 Å². The summed E-state index contributed by atoms with van der Waals surface area (Å²) in [4.78, 5) is 4.57. The molecule has 24 heavy (non-hydrogen) atoms. The van der Waals surface area contributed by atoms with Crippen molar-refractivity contribution >= 4 is 22.2 Å². The molecule has 0 atom stereocenters. The molecule has 1 nitrogen and oxygen atoms in total. The van der Waals surface area contributed by atoms with E-state index in [-0.39, 0.29) is 5.56 Å². The zero-order valence-electron chi connectivity index (χ0n) is 13.4. The van der Waals surface area contributed by atoms with Crippen molar-refractivity contribution in [2.45, 2.75) is 13.8 Å². The highest BCUT2D eigenvalue weighted by Gasteiger charge is 2.12. The molecule has 0 saturated carbocycles. The summed E-state index contributed by atoms with van der Waals surface area (Å²) in [5.74, 6) is 3.46. The molecule has 0 spiro atoms. The average Bonchev–Trinajstić information content (AvgIpc) is 2.59. The molecule has 0 aliphatic rings. The molecule has 3 heteroatoms. The maximum Gasteiger partial charge on any atom is 0.175 e. The van der Waals surface area contributed by atoms with E-state index < -0.39 is 11.6 Å². The van der Waals surface area contributed by atoms with E-state index in [1.54, 1.807) is 25.1 Å². The molecule has 0 saturated heterocycles. The minimum atomic E-state index is -0.909. The molecule has 3 aromatic carbocycles. The first-order chi connectivity index (χ1) is 11.6. The molecule has 0 unspecified atom stereocenters. The Labute approximate surface area is 139 Å². The number of fused-ring (bicyclic) bond motifs is 1. The van der Waals surface area contributed by atoms with Crippen molar-refractivity contribution in [1.29, 1.82) is 0 Å². The second-order valence-electron chi connectivity index (χ2n) is 5.39. The van der Waals surface area contributed by atoms with E-state index in [4.69, 9.17) is 0 Å². The lowest BCUT2D eigenvalue weighted by Gasteiger charge is -2.06. The summed E-state index contributed by atoms with van der Waals surface area (Å²) in [7, 11) is 0. The van der Waals surface area contributed by atoms with Gasteiger partial charge in [-0.05, 0) is 43.0 Å². The molecule has 0 heterocycles. The van der Waals surface area contributed by atoms with Crippen molar-refractivity contribution in [3.63, 3.8) is 0 Å². The molecule has 118 valence electrons. The second kappa shape index (κ2) is 6.64. The molecule has 0 amide bonds. The van der Waals surface area contributed by atoms with Crippen LogP contribution in [-0.2, 0) is 0 Å². The topological polar surface area (TPSA) is 12.4 Å². The van der Waals surface area contributed by atoms with Crippen LogP contribution in [0.2, 0.25) is 0 Å². The third kappa shape index (κ3) is 3.04. The zero-order chi connectivity index (χ0) is 17.1. The van der Waals surface area contributed by atoms with Crippen LogP contribution in [0.15, 0.2) is 59.6 Å². The Morgan fingerprint density at radius 2 is 1.75 bits per heavy atom. The van der Waals surface area contributed by atoms with Crippen LogP contribution >= 0.6 is 0 Å². The Morgan fingerprint density at radius 1 is 1.00 bits per heavy atom. The number of hydrogen-bond donors (Lipinski definition) is 0. The van der Waals surface area contributed by atoms with Crippen molar-refractivity contribution in [3.05, 3.63) is 77.4 Å². The summed E-state index contributed by atoms with van der Waals surface area (Å²) >= 11 is 0. The minimum Gasteiger partial charge on any atom is -0.253 e. The average molecular weight is 319 g/mol. The Hall–Kier alpha value is -2.99. The number of halogens is 2. The van der Waals surface area contributed by atoms with Gasteiger partial charge in [-0.15, -0.1) is 5.92 Å². The van der Waals surface area contributed by atoms with E-state index in [0.29, 0.717) is 16.5 Å². The Morgan fingerprint density at radius 3 is 2.46 bits per heavy atom. The van der Waals surface area contributed by atoms with Crippen molar-refractivity contribution in [1.82, 2.24) is 0 Å². The van der Waals surface area contributed by atoms with Gasteiger partial charge in [-0.1, -0.05) is 42.3 Å². The van der Waals surface area contributed by atoms with E-state index >= 15 is 0 Å². The molecule has 3 rings (SSSR count). The molecule has 0 aromatic heterocycles. The quantitative estimate of drug-likeness (QED) is 0.429. The summed E-state index contributed by atoms with van der Waals surface area (Å²) < 4.78 is 27.8. The largest absolute Gasteiger partial charge is 0.253 e. The second-order valence-corrected chi connectivity index (χ2v) is 5.39. The van der Waals surface area contributed by atoms with Gasteiger partial charge >= 0.3 is 0 Å². The van der Waals surface area contributed by atoms with Crippen LogP contribution in [0.5, 0.6) is 0 Å². The van der Waals surface area contributed by atoms with E-state index in [2.05, 4.69) is 16.8 Å². The lowest BCUT2D eigenvalue weighted by atomic mass is 10.0. The lowest BCUT2D eigenvalue weighted by Crippen LogP contribution is -1.94. The summed E-state index contributed by atoms with van der Waals surface area (Å²) in [6.07, 6.45) is 0. The van der Waals surface area contributed by atoms with Gasteiger partial charge < -0.3 is 0 Å². The number of nitrogens with zero attached hydrogens (tertiary/aromatic N) is 1. The molecular formula is C21H15F2N. The maximum absolute atomic E-state index is 13.9. The van der Waals surface area contributed by atoms with Crippen LogP contribution in [0.3, 0.4) is 0 Å². The Kier molecular flexibility index (Phi) is 4.39. The van der Waals surface area contributed by atoms with Crippen molar-refractivity contribution in [3.8, 4) is 11.8 Å². The fourth-order valence-electron chi connectivity index (χ4n) is 2.59. The molecule has 0 fully saturated rings. The molecule has 0 N–H and O–H groups in total. The monoisotopic (exact) mass is 319 g/mol. The van der Waals surface area contributed by atoms with E-state index in [9.17, 15) is 8.78 Å². The van der Waals surface area contributed by atoms with E-state index in [1.807, 2.05) is 37.3 Å². The number of benzene rings is 3. The summed E-state index contributed by atoms with van der Waals surface area (Å²) in [5, 5.41) is 1.16. The van der Waals surface area contributed by atoms with E-state index in [1.165, 1.54) is 6.07 Å². The van der Waals surface area contributed by atoms with E-state index in [0.717, 1.165) is 11.3 Å². The van der Waals surface area contributed by atoms with Crippen LogP contribution in [0.4, 0.5) is 14.5 Å². The number of aliphatic imine (C=N–C) groups is 1. The number of hydrogen-bond acceptors (Lipinski definition) is 1. The van der Waals surface area contributed by atoms with Crippen LogP contribution in [0.1, 0.15) is 25.0 Å². The van der Waals surface area contributed by atoms with Crippen LogP contribution < -0.4 is 0 Å². The van der Waals surface area contributed by atoms with Gasteiger partial charge in [0.05, 0.1) is 11.3 Å². The van der Waals surface area contributed by atoms with Gasteiger partial charge in [0.25, 0.3) is 0 Å². The fourth-order valence-corrected chi connectivity index (χ4v) is 2.59. The highest BCUT2D eigenvalue weighted by Crippen LogP contribution is 2.28. The van der Waals surface area contributed by atoms with Crippen molar-refractivity contribution in [2.24, 2.45) is 4.99 Å². The third-order valence-corrected chi connectivity index (χ3v) is 3.75. The van der Waals surface area contributed by atoms with Gasteiger partial charge in [0, 0.05) is 11.1 Å². The third-order valence-electron chi connectivity index (χ3n) is 3.75. The smallest absolute Gasteiger partial charge is 0.175 e. The van der Waals surface area contributed by atoms with Crippen molar-refractivity contribution in [2.75, 3.05) is 0 Å². The highest BCUT2D eigenvalue weighted by molar-refractivity contribution is 6.01. The highest BCUT2D eigenvalue weighted by atomic mass is 19.2. The predicted octanol–water partition coefficient (Wildman–Crippen LogP) is 5.63. The molecule has 0 aliphatic carbocycles. The van der Waals surface area contributed by atoms with Gasteiger partial charge in [-0.3, -0.25) is 4.99 Å². The molecular weight excluding hydrogens is 304 g/mol. The first-order valence-electron chi connectivity index (χ1n) is 7.55. The van der Waals surface area contributed by atoms with Crippen LogP contribution in [-0.4, -0.2) is 5.71 Å². The van der Waals surface area contributed by atoms with Gasteiger partial charge in [0.1, 0.15) is 0 Å². The summed E-state index contributed by atoms with van der Waals surface area (Å²) in [6.45, 7) is 3.51. The van der Waals surface area contributed by atoms with Gasteiger partial charge in [-0.25, -0.2) is 8.78 Å². The Bertz CT molecular complexity index is 993. The standard InChI is InChI=1S/C21H15F2N/c1-3-7-19-18-11-10-17(12-16(18)13-20(22)21(19)23)24-14(2)15-8-5-4-6-9-15/h4-6,8-13H,1-2H3. The number of rotatable bonds is 2. The first-order valence-corrected chi connectivity index (χ1v) is 7.55. The van der Waals surface area contributed by atoms with Crippen molar-refractivity contribution < 1.29 is 8.78 Å². The van der Waals surface area contributed by atoms with Crippen LogP contribution in [0, 0.1) is 23.5 Å². The van der Waals surface area contributed by atoms with Gasteiger partial charge in [-0.2, -0.15) is 0 Å².